The van der Waals surface area contributed by atoms with Crippen molar-refractivity contribution in [1.29, 1.82) is 0 Å². The number of carbonyl (C=O) groups is 2. The summed E-state index contributed by atoms with van der Waals surface area (Å²) in [5.74, 6) is -0.431. The van der Waals surface area contributed by atoms with Crippen LogP contribution < -0.4 is 5.32 Å². The van der Waals surface area contributed by atoms with E-state index in [0.29, 0.717) is 25.3 Å². The van der Waals surface area contributed by atoms with Gasteiger partial charge in [-0.25, -0.2) is 14.2 Å². The third-order valence-corrected chi connectivity index (χ3v) is 6.10. The number of hydrogen-bond donors (Lipinski definition) is 1. The molecule has 0 atom stereocenters. The number of nitrogens with one attached hydrogen (secondary N) is 1. The maximum absolute atomic E-state index is 13.1. The minimum absolute atomic E-state index is 0.130. The number of benzene rings is 2. The molecule has 0 saturated carbocycles. The number of nitrogens with zero attached hydrogens (tertiary/aromatic N) is 3. The van der Waals surface area contributed by atoms with Gasteiger partial charge in [0.25, 0.3) is 0 Å². The van der Waals surface area contributed by atoms with Gasteiger partial charge in [-0.05, 0) is 67.7 Å². The van der Waals surface area contributed by atoms with Crippen molar-refractivity contribution in [2.24, 2.45) is 5.10 Å². The van der Waals surface area contributed by atoms with Gasteiger partial charge in [-0.1, -0.05) is 30.7 Å². The minimum atomic E-state index is -0.491. The number of halogens is 1. The number of likely N-dealkylation sites (tertiary alicyclic amines) is 1. The lowest BCUT2D eigenvalue weighted by Crippen LogP contribution is -2.31. The molecule has 2 aliphatic rings. The molecule has 8 heteroatoms. The summed E-state index contributed by atoms with van der Waals surface area (Å²) in [5, 5.41) is 8.61. The van der Waals surface area contributed by atoms with Gasteiger partial charge in [-0.2, -0.15) is 5.10 Å². The first kappa shape index (κ1) is 23.9. The molecule has 1 saturated heterocycles. The van der Waals surface area contributed by atoms with E-state index in [1.807, 2.05) is 6.07 Å². The van der Waals surface area contributed by atoms with Crippen molar-refractivity contribution in [3.63, 3.8) is 0 Å². The number of ether oxygens (including phenoxy) is 1. The molecule has 1 fully saturated rings. The van der Waals surface area contributed by atoms with Gasteiger partial charge >= 0.3 is 6.09 Å². The Morgan fingerprint density at radius 2 is 1.82 bits per heavy atom. The number of hydrazone groups is 1. The van der Waals surface area contributed by atoms with Crippen LogP contribution in [0.1, 0.15) is 43.2 Å². The summed E-state index contributed by atoms with van der Waals surface area (Å²) in [6.45, 7) is 4.09. The maximum Gasteiger partial charge on any atom is 0.411 e. The van der Waals surface area contributed by atoms with Crippen molar-refractivity contribution in [3.05, 3.63) is 65.5 Å². The van der Waals surface area contributed by atoms with Crippen LogP contribution in [-0.2, 0) is 16.0 Å². The number of hydrogen-bond acceptors (Lipinski definition) is 5. The predicted molar refractivity (Wildman–Crippen MR) is 129 cm³/mol. The molecule has 0 bridgehead atoms. The summed E-state index contributed by atoms with van der Waals surface area (Å²) in [5.41, 5.74) is 2.95. The Balaban J connectivity index is 1.23. The number of carbonyl (C=O) groups excluding carboxylic acids is 2. The first-order chi connectivity index (χ1) is 16.6. The Labute approximate surface area is 199 Å². The molecule has 0 aromatic heterocycles. The van der Waals surface area contributed by atoms with E-state index in [9.17, 15) is 14.0 Å². The maximum atomic E-state index is 13.1. The summed E-state index contributed by atoms with van der Waals surface area (Å²) in [4.78, 5) is 27.3. The van der Waals surface area contributed by atoms with Crippen LogP contribution in [0.5, 0.6) is 0 Å². The molecule has 0 spiro atoms. The average molecular weight is 467 g/mol. The molecule has 2 aromatic rings. The van der Waals surface area contributed by atoms with E-state index in [-0.39, 0.29) is 18.1 Å². The molecule has 2 heterocycles. The Kier molecular flexibility index (Phi) is 8.25. The van der Waals surface area contributed by atoms with Crippen LogP contribution in [0.2, 0.25) is 0 Å². The second-order valence-corrected chi connectivity index (χ2v) is 8.71. The molecule has 2 aliphatic heterocycles. The van der Waals surface area contributed by atoms with Crippen LogP contribution in [0.15, 0.2) is 53.6 Å². The number of piperidine rings is 1. The first-order valence-electron chi connectivity index (χ1n) is 12.0. The Hall–Kier alpha value is -3.26. The monoisotopic (exact) mass is 466 g/mol. The second-order valence-electron chi connectivity index (χ2n) is 8.71. The van der Waals surface area contributed by atoms with E-state index in [4.69, 9.17) is 4.74 Å². The van der Waals surface area contributed by atoms with Crippen molar-refractivity contribution in [2.45, 2.75) is 38.5 Å². The highest BCUT2D eigenvalue weighted by molar-refractivity contribution is 6.02. The zero-order chi connectivity index (χ0) is 23.8. The van der Waals surface area contributed by atoms with Crippen LogP contribution in [0.4, 0.5) is 14.9 Å². The van der Waals surface area contributed by atoms with Crippen LogP contribution in [-0.4, -0.2) is 60.4 Å². The highest BCUT2D eigenvalue weighted by Gasteiger charge is 2.22. The standard InChI is InChI=1S/C26H31FN4O3/c27-22-10-8-21(9-11-22)24-12-16-31(29-24)25(32)19-20-6-4-7-23(18-20)28-26(33)34-17-5-15-30-13-2-1-3-14-30/h4,6-11,18H,1-3,5,12-17,19H2,(H,28,33). The number of rotatable bonds is 8. The van der Waals surface area contributed by atoms with Gasteiger partial charge in [-0.3, -0.25) is 10.1 Å². The molecule has 34 heavy (non-hydrogen) atoms. The van der Waals surface area contributed by atoms with E-state index in [2.05, 4.69) is 15.3 Å². The summed E-state index contributed by atoms with van der Waals surface area (Å²) in [7, 11) is 0. The van der Waals surface area contributed by atoms with Gasteiger partial charge in [0.1, 0.15) is 5.82 Å². The molecule has 0 radical (unpaired) electrons. The minimum Gasteiger partial charge on any atom is -0.449 e. The van der Waals surface area contributed by atoms with Gasteiger partial charge in [0, 0.05) is 18.7 Å². The van der Waals surface area contributed by atoms with Gasteiger partial charge < -0.3 is 9.64 Å². The van der Waals surface area contributed by atoms with E-state index in [0.717, 1.165) is 42.9 Å². The zero-order valence-corrected chi connectivity index (χ0v) is 19.3. The second kappa shape index (κ2) is 11.7. The lowest BCUT2D eigenvalue weighted by atomic mass is 10.1. The van der Waals surface area contributed by atoms with Crippen LogP contribution in [0, 0.1) is 5.82 Å². The fraction of sp³-hybridized carbons (Fsp3) is 0.423. The van der Waals surface area contributed by atoms with E-state index < -0.39 is 6.09 Å². The first-order valence-corrected chi connectivity index (χ1v) is 12.0. The summed E-state index contributed by atoms with van der Waals surface area (Å²) in [6, 6.07) is 13.3. The number of anilines is 1. The smallest absolute Gasteiger partial charge is 0.411 e. The third-order valence-electron chi connectivity index (χ3n) is 6.10. The van der Waals surface area contributed by atoms with E-state index in [1.54, 1.807) is 30.3 Å². The normalized spacial score (nSPS) is 16.3. The van der Waals surface area contributed by atoms with Crippen molar-refractivity contribution in [1.82, 2.24) is 9.91 Å². The Morgan fingerprint density at radius 3 is 2.62 bits per heavy atom. The molecular formula is C26H31FN4O3. The molecule has 2 aromatic carbocycles. The molecule has 180 valence electrons. The highest BCUT2D eigenvalue weighted by Crippen LogP contribution is 2.17. The van der Waals surface area contributed by atoms with Crippen LogP contribution in [0.3, 0.4) is 0 Å². The van der Waals surface area contributed by atoms with Gasteiger partial charge in [0.05, 0.1) is 25.3 Å². The zero-order valence-electron chi connectivity index (χ0n) is 19.3. The Morgan fingerprint density at radius 1 is 1.03 bits per heavy atom. The molecule has 1 N–H and O–H groups in total. The van der Waals surface area contributed by atoms with Crippen molar-refractivity contribution < 1.29 is 18.7 Å². The summed E-state index contributed by atoms with van der Waals surface area (Å²) >= 11 is 0. The summed E-state index contributed by atoms with van der Waals surface area (Å²) in [6.07, 6.45) is 4.93. The fourth-order valence-electron chi connectivity index (χ4n) is 4.30. The molecular weight excluding hydrogens is 435 g/mol. The largest absolute Gasteiger partial charge is 0.449 e. The fourth-order valence-corrected chi connectivity index (χ4v) is 4.30. The van der Waals surface area contributed by atoms with Gasteiger partial charge in [-0.15, -0.1) is 0 Å². The van der Waals surface area contributed by atoms with Gasteiger partial charge in [0.15, 0.2) is 0 Å². The molecule has 7 nitrogen and oxygen atoms in total. The van der Waals surface area contributed by atoms with Crippen molar-refractivity contribution in [2.75, 3.05) is 38.1 Å². The Bertz CT molecular complexity index is 1020. The van der Waals surface area contributed by atoms with Crippen LogP contribution in [0.25, 0.3) is 0 Å². The molecule has 2 amide bonds. The predicted octanol–water partition coefficient (Wildman–Crippen LogP) is 4.43. The lowest BCUT2D eigenvalue weighted by Gasteiger charge is -2.26. The van der Waals surface area contributed by atoms with Crippen molar-refractivity contribution >= 4 is 23.4 Å². The molecule has 0 unspecified atom stereocenters. The molecule has 4 rings (SSSR count). The van der Waals surface area contributed by atoms with E-state index >= 15 is 0 Å². The van der Waals surface area contributed by atoms with Crippen LogP contribution >= 0.6 is 0 Å². The lowest BCUT2D eigenvalue weighted by molar-refractivity contribution is -0.130. The highest BCUT2D eigenvalue weighted by atomic mass is 19.1. The summed E-state index contributed by atoms with van der Waals surface area (Å²) < 4.78 is 18.4. The quantitative estimate of drug-likeness (QED) is 0.584. The molecule has 0 aliphatic carbocycles. The topological polar surface area (TPSA) is 74.2 Å². The number of amides is 2. The third kappa shape index (κ3) is 6.87. The van der Waals surface area contributed by atoms with E-state index in [1.165, 1.54) is 36.4 Å². The SMILES string of the molecule is O=C(Nc1cccc(CC(=O)N2CCC(c3ccc(F)cc3)=N2)c1)OCCCN1CCCCC1. The average Bonchev–Trinajstić information content (AvgIpc) is 3.34. The van der Waals surface area contributed by atoms with Crippen molar-refractivity contribution in [3.8, 4) is 0 Å². The van der Waals surface area contributed by atoms with Gasteiger partial charge in [0.2, 0.25) is 5.91 Å².